The fourth-order valence-corrected chi connectivity index (χ4v) is 4.23. The number of nitrogens with one attached hydrogen (secondary N) is 1. The molecular formula is C24H23FN6O. The lowest BCUT2D eigenvalue weighted by atomic mass is 10.2. The van der Waals surface area contributed by atoms with Crippen LogP contribution in [0, 0.1) is 5.95 Å². The Bertz CT molecular complexity index is 1260. The topological polar surface area (TPSA) is 77.8 Å². The molecule has 1 atom stereocenters. The molecule has 0 bridgehead atoms. The smallest absolute Gasteiger partial charge is 0.212 e. The molecule has 0 radical (unpaired) electrons. The number of hydrogen-bond acceptors (Lipinski definition) is 6. The number of fused-ring (bicyclic) bond motifs is 1. The standard InChI is InChI=1S/C24H23FN6O/c25-20-11-10-16(14-26-20)23-27-18-6-2-1-5-17(18)24(29-23)28-21-13-19(15-8-9-15)31(30-21)22-7-3-4-12-32-22/h1-2,5-6,10-11,13-15,22H,3-4,7-9,12H2,(H,27,28,29,30). The molecule has 6 rings (SSSR count). The first-order chi connectivity index (χ1) is 15.7. The van der Waals surface area contributed by atoms with Crippen molar-refractivity contribution in [3.05, 3.63) is 60.3 Å². The normalized spacial score (nSPS) is 18.7. The van der Waals surface area contributed by atoms with E-state index in [4.69, 9.17) is 14.8 Å². The van der Waals surface area contributed by atoms with E-state index in [0.29, 0.717) is 23.1 Å². The molecule has 1 aliphatic heterocycles. The van der Waals surface area contributed by atoms with Crippen LogP contribution in [-0.4, -0.2) is 31.3 Å². The van der Waals surface area contributed by atoms with Crippen molar-refractivity contribution in [2.24, 2.45) is 0 Å². The molecule has 32 heavy (non-hydrogen) atoms. The Hall–Kier alpha value is -3.39. The highest BCUT2D eigenvalue weighted by Gasteiger charge is 2.31. The Morgan fingerprint density at radius 2 is 1.94 bits per heavy atom. The molecule has 1 saturated carbocycles. The maximum atomic E-state index is 13.3. The van der Waals surface area contributed by atoms with Crippen molar-refractivity contribution in [3.8, 4) is 11.4 Å². The summed E-state index contributed by atoms with van der Waals surface area (Å²) in [7, 11) is 0. The van der Waals surface area contributed by atoms with Gasteiger partial charge < -0.3 is 10.1 Å². The summed E-state index contributed by atoms with van der Waals surface area (Å²) in [6, 6.07) is 12.9. The van der Waals surface area contributed by atoms with E-state index in [2.05, 4.69) is 26.0 Å². The third-order valence-corrected chi connectivity index (χ3v) is 6.02. The van der Waals surface area contributed by atoms with Crippen molar-refractivity contribution in [1.29, 1.82) is 0 Å². The number of pyridine rings is 1. The Labute approximate surface area is 184 Å². The Balaban J connectivity index is 1.40. The quantitative estimate of drug-likeness (QED) is 0.430. The second kappa shape index (κ2) is 7.94. The van der Waals surface area contributed by atoms with E-state index in [1.807, 2.05) is 24.3 Å². The lowest BCUT2D eigenvalue weighted by Crippen LogP contribution is -2.20. The van der Waals surface area contributed by atoms with Crippen molar-refractivity contribution >= 4 is 22.5 Å². The number of anilines is 2. The molecule has 4 heterocycles. The number of aromatic nitrogens is 5. The second-order valence-electron chi connectivity index (χ2n) is 8.40. The summed E-state index contributed by atoms with van der Waals surface area (Å²) >= 11 is 0. The summed E-state index contributed by atoms with van der Waals surface area (Å²) < 4.78 is 21.4. The summed E-state index contributed by atoms with van der Waals surface area (Å²) in [6.45, 7) is 0.781. The minimum atomic E-state index is -0.532. The van der Waals surface area contributed by atoms with Gasteiger partial charge in [0, 0.05) is 41.4 Å². The lowest BCUT2D eigenvalue weighted by molar-refractivity contribution is -0.0409. The van der Waals surface area contributed by atoms with E-state index in [1.165, 1.54) is 30.8 Å². The molecule has 1 N–H and O–H groups in total. The van der Waals surface area contributed by atoms with E-state index >= 15 is 0 Å². The molecule has 2 fully saturated rings. The average molecular weight is 430 g/mol. The summed E-state index contributed by atoms with van der Waals surface area (Å²) in [5, 5.41) is 9.18. The Morgan fingerprint density at radius 1 is 1.03 bits per heavy atom. The molecule has 1 unspecified atom stereocenters. The highest BCUT2D eigenvalue weighted by atomic mass is 19.1. The molecule has 3 aromatic heterocycles. The molecular weight excluding hydrogens is 407 g/mol. The molecule has 1 aliphatic carbocycles. The number of para-hydroxylation sites is 1. The van der Waals surface area contributed by atoms with Gasteiger partial charge in [0.05, 0.1) is 5.52 Å². The molecule has 7 nitrogen and oxygen atoms in total. The zero-order valence-electron chi connectivity index (χ0n) is 17.5. The first-order valence-corrected chi connectivity index (χ1v) is 11.1. The average Bonchev–Trinajstić information content (AvgIpc) is 3.60. The molecule has 0 spiro atoms. The van der Waals surface area contributed by atoms with Crippen LogP contribution in [0.5, 0.6) is 0 Å². The molecule has 162 valence electrons. The van der Waals surface area contributed by atoms with Crippen molar-refractivity contribution in [1.82, 2.24) is 24.7 Å². The maximum absolute atomic E-state index is 13.3. The molecule has 8 heteroatoms. The number of halogens is 1. The zero-order chi connectivity index (χ0) is 21.5. The van der Waals surface area contributed by atoms with Crippen LogP contribution in [0.15, 0.2) is 48.7 Å². The van der Waals surface area contributed by atoms with Gasteiger partial charge in [-0.3, -0.25) is 0 Å². The molecule has 0 amide bonds. The third kappa shape index (κ3) is 3.71. The van der Waals surface area contributed by atoms with Gasteiger partial charge in [0.25, 0.3) is 0 Å². The van der Waals surface area contributed by atoms with Gasteiger partial charge in [-0.05, 0) is 56.4 Å². The fourth-order valence-electron chi connectivity index (χ4n) is 4.23. The summed E-state index contributed by atoms with van der Waals surface area (Å²) in [5.74, 6) is 1.90. The Kier molecular flexibility index (Phi) is 4.79. The van der Waals surface area contributed by atoms with Gasteiger partial charge in [-0.1, -0.05) is 12.1 Å². The second-order valence-corrected chi connectivity index (χ2v) is 8.40. The maximum Gasteiger partial charge on any atom is 0.212 e. The number of benzene rings is 1. The van der Waals surface area contributed by atoms with Crippen LogP contribution in [0.1, 0.15) is 49.9 Å². The van der Waals surface area contributed by atoms with Crippen molar-refractivity contribution in [3.63, 3.8) is 0 Å². The van der Waals surface area contributed by atoms with Gasteiger partial charge in [0.15, 0.2) is 17.9 Å². The molecule has 2 aliphatic rings. The first kappa shape index (κ1) is 19.3. The lowest BCUT2D eigenvalue weighted by Gasteiger charge is -2.24. The van der Waals surface area contributed by atoms with E-state index in [0.717, 1.165) is 42.6 Å². The van der Waals surface area contributed by atoms with Crippen LogP contribution < -0.4 is 5.32 Å². The number of nitrogens with zero attached hydrogens (tertiary/aromatic N) is 5. The molecule has 4 aromatic rings. The van der Waals surface area contributed by atoms with Gasteiger partial charge in [-0.25, -0.2) is 19.6 Å². The van der Waals surface area contributed by atoms with Crippen LogP contribution in [0.4, 0.5) is 16.0 Å². The van der Waals surface area contributed by atoms with Crippen molar-refractivity contribution in [2.45, 2.75) is 44.2 Å². The minimum absolute atomic E-state index is 0.00195. The van der Waals surface area contributed by atoms with Crippen LogP contribution in [0.3, 0.4) is 0 Å². The number of rotatable bonds is 5. The summed E-state index contributed by atoms with van der Waals surface area (Å²) in [6.07, 6.45) is 7.07. The van der Waals surface area contributed by atoms with Gasteiger partial charge in [0.2, 0.25) is 5.95 Å². The van der Waals surface area contributed by atoms with E-state index in [9.17, 15) is 4.39 Å². The number of hydrogen-bond donors (Lipinski definition) is 1. The molecule has 1 saturated heterocycles. The van der Waals surface area contributed by atoms with Crippen molar-refractivity contribution in [2.75, 3.05) is 11.9 Å². The summed E-state index contributed by atoms with van der Waals surface area (Å²) in [5.41, 5.74) is 2.67. The summed E-state index contributed by atoms with van der Waals surface area (Å²) in [4.78, 5) is 13.1. The predicted molar refractivity (Wildman–Crippen MR) is 119 cm³/mol. The van der Waals surface area contributed by atoms with E-state index < -0.39 is 5.95 Å². The minimum Gasteiger partial charge on any atom is -0.357 e. The van der Waals surface area contributed by atoms with Gasteiger partial charge in [0.1, 0.15) is 5.82 Å². The van der Waals surface area contributed by atoms with Gasteiger partial charge in [-0.15, -0.1) is 0 Å². The third-order valence-electron chi connectivity index (χ3n) is 6.02. The van der Waals surface area contributed by atoms with Crippen LogP contribution >= 0.6 is 0 Å². The van der Waals surface area contributed by atoms with Crippen molar-refractivity contribution < 1.29 is 9.13 Å². The monoisotopic (exact) mass is 430 g/mol. The van der Waals surface area contributed by atoms with Gasteiger partial charge >= 0.3 is 0 Å². The first-order valence-electron chi connectivity index (χ1n) is 11.1. The highest BCUT2D eigenvalue weighted by Crippen LogP contribution is 2.43. The van der Waals surface area contributed by atoms with Crippen LogP contribution in [0.2, 0.25) is 0 Å². The SMILES string of the molecule is Fc1ccc(-c2nc(Nc3cc(C4CC4)n(C4CCCCO4)n3)c3ccccc3n2)cn1. The Morgan fingerprint density at radius 3 is 2.72 bits per heavy atom. The van der Waals surface area contributed by atoms with Crippen LogP contribution in [-0.2, 0) is 4.74 Å². The fraction of sp³-hybridized carbons (Fsp3) is 0.333. The van der Waals surface area contributed by atoms with E-state index in [1.54, 1.807) is 6.07 Å². The largest absolute Gasteiger partial charge is 0.357 e. The number of ether oxygens (including phenoxy) is 1. The van der Waals surface area contributed by atoms with E-state index in [-0.39, 0.29) is 6.23 Å². The molecule has 1 aromatic carbocycles. The zero-order valence-corrected chi connectivity index (χ0v) is 17.5. The predicted octanol–water partition coefficient (Wildman–Crippen LogP) is 5.35. The highest BCUT2D eigenvalue weighted by molar-refractivity contribution is 5.91. The van der Waals surface area contributed by atoms with Gasteiger partial charge in [-0.2, -0.15) is 9.49 Å². The van der Waals surface area contributed by atoms with Crippen LogP contribution in [0.25, 0.3) is 22.3 Å².